The summed E-state index contributed by atoms with van der Waals surface area (Å²) in [6.07, 6.45) is 5.32. The van der Waals surface area contributed by atoms with E-state index >= 15 is 0 Å². The molecule has 1 saturated carbocycles. The summed E-state index contributed by atoms with van der Waals surface area (Å²) in [4.78, 5) is 7.08. The first kappa shape index (κ1) is 19.4. The third kappa shape index (κ3) is 4.20. The average molecular weight is 447 g/mol. The zero-order valence-electron chi connectivity index (χ0n) is 14.2. The monoisotopic (exact) mass is 447 g/mol. The maximum atomic E-state index is 13.4. The Balaban J connectivity index is 0.00000208. The average Bonchev–Trinajstić information content (AvgIpc) is 2.98. The third-order valence-corrected chi connectivity index (χ3v) is 5.18. The van der Waals surface area contributed by atoms with E-state index in [1.54, 1.807) is 12.1 Å². The second kappa shape index (κ2) is 8.47. The zero-order valence-corrected chi connectivity index (χ0v) is 16.6. The number of aliphatic hydroxyl groups excluding tert-OH is 1. The number of guanidine groups is 1. The minimum absolute atomic E-state index is 0. The molecule has 1 heterocycles. The largest absolute Gasteiger partial charge is 0.392 e. The Morgan fingerprint density at radius 2 is 2.17 bits per heavy atom. The number of hydrogen-bond acceptors (Lipinski definition) is 2. The van der Waals surface area contributed by atoms with Gasteiger partial charge >= 0.3 is 0 Å². The highest BCUT2D eigenvalue weighted by Gasteiger charge is 2.43. The van der Waals surface area contributed by atoms with Crippen LogP contribution in [0.25, 0.3) is 0 Å². The standard InChI is InChI=1S/C18H26FN3O.HI/c1-2-20-17(22-9-8-18(13-22)6-3-7-18)21-11-14-4-5-16(19)15(10-14)12-23;/h4-5,10,23H,2-3,6-9,11-13H2,1H3,(H,20,21);1H. The Bertz CT molecular complexity index is 590. The SMILES string of the molecule is CCNC(=NCc1ccc(F)c(CO)c1)N1CCC2(CCC2)C1.I. The molecular weight excluding hydrogens is 420 g/mol. The highest BCUT2D eigenvalue weighted by molar-refractivity contribution is 14.0. The molecule has 0 unspecified atom stereocenters. The Kier molecular flexibility index (Phi) is 6.86. The summed E-state index contributed by atoms with van der Waals surface area (Å²) in [5.74, 6) is 0.588. The van der Waals surface area contributed by atoms with Gasteiger partial charge in [-0.05, 0) is 49.3 Å². The number of hydrogen-bond donors (Lipinski definition) is 2. The normalized spacial score (nSPS) is 19.1. The lowest BCUT2D eigenvalue weighted by molar-refractivity contribution is 0.151. The molecule has 0 bridgehead atoms. The van der Waals surface area contributed by atoms with Gasteiger partial charge in [-0.15, -0.1) is 24.0 Å². The Morgan fingerprint density at radius 1 is 1.38 bits per heavy atom. The first-order chi connectivity index (χ1) is 11.2. The second-order valence-corrected chi connectivity index (χ2v) is 6.78. The molecule has 0 atom stereocenters. The summed E-state index contributed by atoms with van der Waals surface area (Å²) in [6.45, 7) is 5.30. The van der Waals surface area contributed by atoms with Crippen LogP contribution in [0, 0.1) is 11.2 Å². The number of aliphatic hydroxyl groups is 1. The molecular formula is C18H27FIN3O. The van der Waals surface area contributed by atoms with Crippen molar-refractivity contribution in [3.8, 4) is 0 Å². The molecule has 0 aromatic heterocycles. The lowest BCUT2D eigenvalue weighted by Crippen LogP contribution is -2.42. The predicted molar refractivity (Wildman–Crippen MR) is 105 cm³/mol. The van der Waals surface area contributed by atoms with E-state index in [0.717, 1.165) is 31.2 Å². The van der Waals surface area contributed by atoms with Gasteiger partial charge in [-0.1, -0.05) is 12.5 Å². The smallest absolute Gasteiger partial charge is 0.194 e. The van der Waals surface area contributed by atoms with Gasteiger partial charge in [0.2, 0.25) is 0 Å². The van der Waals surface area contributed by atoms with E-state index in [2.05, 4.69) is 17.1 Å². The van der Waals surface area contributed by atoms with Crippen LogP contribution in [0.4, 0.5) is 4.39 Å². The van der Waals surface area contributed by atoms with Crippen LogP contribution in [0.2, 0.25) is 0 Å². The fourth-order valence-electron chi connectivity index (χ4n) is 3.64. The fourth-order valence-corrected chi connectivity index (χ4v) is 3.64. The van der Waals surface area contributed by atoms with E-state index in [9.17, 15) is 9.50 Å². The first-order valence-electron chi connectivity index (χ1n) is 8.57. The van der Waals surface area contributed by atoms with Gasteiger partial charge in [0.15, 0.2) is 5.96 Å². The van der Waals surface area contributed by atoms with E-state index in [0.29, 0.717) is 17.5 Å². The first-order valence-corrected chi connectivity index (χ1v) is 8.57. The lowest BCUT2D eigenvalue weighted by atomic mass is 9.68. The molecule has 1 saturated heterocycles. The summed E-state index contributed by atoms with van der Waals surface area (Å²) < 4.78 is 13.4. The highest BCUT2D eigenvalue weighted by atomic mass is 127. The number of benzene rings is 1. The van der Waals surface area contributed by atoms with Crippen molar-refractivity contribution in [3.05, 3.63) is 35.1 Å². The second-order valence-electron chi connectivity index (χ2n) is 6.78. The number of nitrogens with zero attached hydrogens (tertiary/aromatic N) is 2. The van der Waals surface area contributed by atoms with Crippen molar-refractivity contribution >= 4 is 29.9 Å². The zero-order chi connectivity index (χ0) is 16.3. The molecule has 0 amide bonds. The van der Waals surface area contributed by atoms with E-state index in [1.807, 2.05) is 0 Å². The molecule has 0 radical (unpaired) electrons. The van der Waals surface area contributed by atoms with Gasteiger partial charge in [0.1, 0.15) is 5.82 Å². The van der Waals surface area contributed by atoms with Gasteiger partial charge in [-0.2, -0.15) is 0 Å². The van der Waals surface area contributed by atoms with Crippen LogP contribution in [0.3, 0.4) is 0 Å². The van der Waals surface area contributed by atoms with E-state index in [4.69, 9.17) is 4.99 Å². The number of nitrogens with one attached hydrogen (secondary N) is 1. The van der Waals surface area contributed by atoms with Crippen molar-refractivity contribution in [1.29, 1.82) is 0 Å². The summed E-state index contributed by atoms with van der Waals surface area (Å²) in [5, 5.41) is 12.5. The number of rotatable bonds is 4. The van der Waals surface area contributed by atoms with Gasteiger partial charge < -0.3 is 15.3 Å². The van der Waals surface area contributed by atoms with E-state index in [1.165, 1.54) is 31.7 Å². The summed E-state index contributed by atoms with van der Waals surface area (Å²) in [6, 6.07) is 4.83. The molecule has 4 nitrogen and oxygen atoms in total. The molecule has 24 heavy (non-hydrogen) atoms. The van der Waals surface area contributed by atoms with Gasteiger partial charge in [0, 0.05) is 25.2 Å². The van der Waals surface area contributed by atoms with Crippen LogP contribution in [0.1, 0.15) is 43.7 Å². The molecule has 134 valence electrons. The fraction of sp³-hybridized carbons (Fsp3) is 0.611. The maximum Gasteiger partial charge on any atom is 0.194 e. The van der Waals surface area contributed by atoms with Gasteiger partial charge in [-0.3, -0.25) is 0 Å². The summed E-state index contributed by atoms with van der Waals surface area (Å²) in [5.41, 5.74) is 1.79. The van der Waals surface area contributed by atoms with Crippen LogP contribution in [-0.4, -0.2) is 35.6 Å². The quantitative estimate of drug-likeness (QED) is 0.423. The highest BCUT2D eigenvalue weighted by Crippen LogP contribution is 2.47. The lowest BCUT2D eigenvalue weighted by Gasteiger charge is -2.38. The minimum atomic E-state index is -0.362. The molecule has 2 aliphatic rings. The van der Waals surface area contributed by atoms with E-state index in [-0.39, 0.29) is 36.4 Å². The molecule has 6 heteroatoms. The maximum absolute atomic E-state index is 13.4. The molecule has 1 aliphatic heterocycles. The van der Waals surface area contributed by atoms with Gasteiger partial charge in [0.05, 0.1) is 13.2 Å². The Labute approximate surface area is 160 Å². The molecule has 2 N–H and O–H groups in total. The predicted octanol–water partition coefficient (Wildman–Crippen LogP) is 3.28. The third-order valence-electron chi connectivity index (χ3n) is 5.18. The van der Waals surface area contributed by atoms with Crippen LogP contribution < -0.4 is 5.32 Å². The van der Waals surface area contributed by atoms with Crippen molar-refractivity contribution in [3.63, 3.8) is 0 Å². The topological polar surface area (TPSA) is 47.9 Å². The van der Waals surface area contributed by atoms with Crippen molar-refractivity contribution in [2.24, 2.45) is 10.4 Å². The van der Waals surface area contributed by atoms with Crippen LogP contribution in [0.15, 0.2) is 23.2 Å². The van der Waals surface area contributed by atoms with Crippen molar-refractivity contribution in [2.75, 3.05) is 19.6 Å². The number of aliphatic imine (C=N–C) groups is 1. The van der Waals surface area contributed by atoms with Crippen molar-refractivity contribution < 1.29 is 9.50 Å². The van der Waals surface area contributed by atoms with Crippen LogP contribution in [0.5, 0.6) is 0 Å². The van der Waals surface area contributed by atoms with Crippen LogP contribution in [-0.2, 0) is 13.2 Å². The molecule has 1 spiro atoms. The summed E-state index contributed by atoms with van der Waals surface area (Å²) >= 11 is 0. The van der Waals surface area contributed by atoms with Gasteiger partial charge in [0.25, 0.3) is 0 Å². The molecule has 1 aromatic carbocycles. The van der Waals surface area contributed by atoms with Crippen molar-refractivity contribution in [2.45, 2.75) is 45.8 Å². The molecule has 2 fully saturated rings. The van der Waals surface area contributed by atoms with E-state index < -0.39 is 0 Å². The number of likely N-dealkylation sites (tertiary alicyclic amines) is 1. The van der Waals surface area contributed by atoms with Crippen LogP contribution >= 0.6 is 24.0 Å². The molecule has 1 aliphatic carbocycles. The Hall–Kier alpha value is -0.890. The number of halogens is 2. The summed E-state index contributed by atoms with van der Waals surface area (Å²) in [7, 11) is 0. The molecule has 3 rings (SSSR count). The van der Waals surface area contributed by atoms with Gasteiger partial charge in [-0.25, -0.2) is 9.38 Å². The minimum Gasteiger partial charge on any atom is -0.392 e. The van der Waals surface area contributed by atoms with Crippen molar-refractivity contribution in [1.82, 2.24) is 10.2 Å². The molecule has 1 aromatic rings. The Morgan fingerprint density at radius 3 is 2.75 bits per heavy atom.